The molecule has 1 saturated heterocycles. The lowest BCUT2D eigenvalue weighted by Crippen LogP contribution is -2.38. The average Bonchev–Trinajstić information content (AvgIpc) is 2.78. The minimum Gasteiger partial charge on any atom is -0.466 e. The molecule has 1 aromatic heterocycles. The van der Waals surface area contributed by atoms with E-state index in [-0.39, 0.29) is 35.5 Å². The van der Waals surface area contributed by atoms with Crippen LogP contribution in [0.3, 0.4) is 0 Å². The van der Waals surface area contributed by atoms with E-state index < -0.39 is 11.3 Å². The van der Waals surface area contributed by atoms with Crippen molar-refractivity contribution in [3.63, 3.8) is 0 Å². The molecule has 1 fully saturated rings. The summed E-state index contributed by atoms with van der Waals surface area (Å²) >= 11 is 0. The molecule has 11 heteroatoms. The van der Waals surface area contributed by atoms with Crippen molar-refractivity contribution in [3.05, 3.63) is 51.7 Å². The number of piperidine rings is 1. The van der Waals surface area contributed by atoms with Gasteiger partial charge in [-0.05, 0) is 25.3 Å². The zero-order chi connectivity index (χ0) is 22.4. The van der Waals surface area contributed by atoms with Crippen molar-refractivity contribution < 1.29 is 23.2 Å². The highest BCUT2D eigenvalue weighted by Crippen LogP contribution is 2.27. The number of alkyl halides is 2. The molecule has 0 spiro atoms. The fraction of sp³-hybridized carbons (Fsp3) is 0.450. The SMILES string of the molecule is CCOC(=O)C1CCN(c2ncc([N+](=O)[O-])c(NCc3ccc(C(F)F)cc3)n2)CC1. The van der Waals surface area contributed by atoms with Crippen molar-refractivity contribution >= 4 is 23.4 Å². The molecule has 0 saturated carbocycles. The van der Waals surface area contributed by atoms with Gasteiger partial charge in [-0.2, -0.15) is 4.98 Å². The van der Waals surface area contributed by atoms with Gasteiger partial charge in [0.15, 0.2) is 0 Å². The fourth-order valence-electron chi connectivity index (χ4n) is 3.32. The number of halogens is 2. The molecule has 2 heterocycles. The van der Waals surface area contributed by atoms with Crippen LogP contribution < -0.4 is 10.2 Å². The van der Waals surface area contributed by atoms with Gasteiger partial charge >= 0.3 is 11.7 Å². The van der Waals surface area contributed by atoms with E-state index in [0.29, 0.717) is 44.0 Å². The first-order valence-electron chi connectivity index (χ1n) is 9.93. The number of benzene rings is 1. The second kappa shape index (κ2) is 10.1. The highest BCUT2D eigenvalue weighted by atomic mass is 19.3. The highest BCUT2D eigenvalue weighted by Gasteiger charge is 2.28. The zero-order valence-corrected chi connectivity index (χ0v) is 17.0. The summed E-state index contributed by atoms with van der Waals surface area (Å²) < 4.78 is 30.4. The minimum atomic E-state index is -2.56. The monoisotopic (exact) mass is 435 g/mol. The molecule has 0 amide bonds. The van der Waals surface area contributed by atoms with Crippen LogP contribution in [0.2, 0.25) is 0 Å². The smallest absolute Gasteiger partial charge is 0.329 e. The van der Waals surface area contributed by atoms with E-state index in [4.69, 9.17) is 4.74 Å². The molecular weight excluding hydrogens is 412 g/mol. The average molecular weight is 435 g/mol. The maximum Gasteiger partial charge on any atom is 0.329 e. The Hall–Kier alpha value is -3.37. The predicted octanol–water partition coefficient (Wildman–Crippen LogP) is 3.71. The molecule has 0 unspecified atom stereocenters. The summed E-state index contributed by atoms with van der Waals surface area (Å²) in [5.41, 5.74) is 0.300. The van der Waals surface area contributed by atoms with Gasteiger partial charge in [-0.25, -0.2) is 13.8 Å². The molecule has 1 aliphatic heterocycles. The van der Waals surface area contributed by atoms with Gasteiger partial charge in [0.1, 0.15) is 6.20 Å². The molecule has 31 heavy (non-hydrogen) atoms. The number of nitrogens with one attached hydrogen (secondary N) is 1. The van der Waals surface area contributed by atoms with E-state index in [1.807, 2.05) is 4.90 Å². The molecule has 0 aliphatic carbocycles. The number of carbonyl (C=O) groups excluding carboxylic acids is 1. The summed E-state index contributed by atoms with van der Waals surface area (Å²) in [5.74, 6) is -0.0288. The molecule has 1 aromatic carbocycles. The molecule has 0 atom stereocenters. The van der Waals surface area contributed by atoms with Crippen LogP contribution in [0.4, 0.5) is 26.2 Å². The summed E-state index contributed by atoms with van der Waals surface area (Å²) in [5, 5.41) is 14.3. The van der Waals surface area contributed by atoms with E-state index in [1.165, 1.54) is 24.3 Å². The first kappa shape index (κ1) is 22.3. The topological polar surface area (TPSA) is 110 Å². The third-order valence-corrected chi connectivity index (χ3v) is 5.04. The van der Waals surface area contributed by atoms with Crippen molar-refractivity contribution in [1.29, 1.82) is 0 Å². The molecule has 166 valence electrons. The van der Waals surface area contributed by atoms with Gasteiger partial charge in [-0.3, -0.25) is 14.9 Å². The van der Waals surface area contributed by atoms with E-state index in [1.54, 1.807) is 6.92 Å². The lowest BCUT2D eigenvalue weighted by molar-refractivity contribution is -0.384. The number of esters is 1. The molecule has 2 aromatic rings. The second-order valence-electron chi connectivity index (χ2n) is 7.07. The quantitative estimate of drug-likeness (QED) is 0.380. The lowest BCUT2D eigenvalue weighted by Gasteiger charge is -2.30. The van der Waals surface area contributed by atoms with Gasteiger partial charge in [0, 0.05) is 25.2 Å². The van der Waals surface area contributed by atoms with E-state index >= 15 is 0 Å². The predicted molar refractivity (Wildman–Crippen MR) is 109 cm³/mol. The molecular formula is C20H23F2N5O4. The number of anilines is 2. The molecule has 1 aliphatic rings. The number of rotatable bonds is 8. The van der Waals surface area contributed by atoms with Gasteiger partial charge in [0.25, 0.3) is 6.43 Å². The van der Waals surface area contributed by atoms with Gasteiger partial charge in [0.05, 0.1) is 17.4 Å². The first-order valence-corrected chi connectivity index (χ1v) is 9.93. The Balaban J connectivity index is 1.69. The number of nitrogens with zero attached hydrogens (tertiary/aromatic N) is 4. The largest absolute Gasteiger partial charge is 0.466 e. The third-order valence-electron chi connectivity index (χ3n) is 5.04. The summed E-state index contributed by atoms with van der Waals surface area (Å²) in [4.78, 5) is 33.0. The van der Waals surface area contributed by atoms with Crippen LogP contribution in [0.25, 0.3) is 0 Å². The number of hydrogen-bond acceptors (Lipinski definition) is 8. The van der Waals surface area contributed by atoms with Crippen LogP contribution in [0, 0.1) is 16.0 Å². The van der Waals surface area contributed by atoms with Crippen molar-refractivity contribution in [1.82, 2.24) is 9.97 Å². The Labute approximate surface area is 177 Å². The fourth-order valence-corrected chi connectivity index (χ4v) is 3.32. The zero-order valence-electron chi connectivity index (χ0n) is 17.0. The van der Waals surface area contributed by atoms with Crippen LogP contribution in [0.15, 0.2) is 30.5 Å². The molecule has 0 bridgehead atoms. The standard InChI is InChI=1S/C20H23F2N5O4/c1-2-31-19(28)15-7-9-26(10-8-15)20-24-12-16(27(29)30)18(25-20)23-11-13-3-5-14(6-4-13)17(21)22/h3-6,12,15,17H,2,7-11H2,1H3,(H,23,24,25). The van der Waals surface area contributed by atoms with Gasteiger partial charge in [-0.15, -0.1) is 0 Å². The molecule has 9 nitrogen and oxygen atoms in total. The Bertz CT molecular complexity index is 918. The second-order valence-corrected chi connectivity index (χ2v) is 7.07. The number of hydrogen-bond donors (Lipinski definition) is 1. The Morgan fingerprint density at radius 3 is 2.58 bits per heavy atom. The van der Waals surface area contributed by atoms with Crippen LogP contribution in [0.1, 0.15) is 37.3 Å². The number of ether oxygens (including phenoxy) is 1. The van der Waals surface area contributed by atoms with E-state index in [9.17, 15) is 23.7 Å². The summed E-state index contributed by atoms with van der Waals surface area (Å²) in [6.07, 6.45) is -0.251. The number of carbonyl (C=O) groups is 1. The van der Waals surface area contributed by atoms with Crippen LogP contribution in [-0.4, -0.2) is 40.6 Å². The third kappa shape index (κ3) is 5.62. The maximum atomic E-state index is 12.7. The summed E-state index contributed by atoms with van der Waals surface area (Å²) in [6, 6.07) is 5.69. The summed E-state index contributed by atoms with van der Waals surface area (Å²) in [7, 11) is 0. The molecule has 3 rings (SSSR count). The van der Waals surface area contributed by atoms with Crippen LogP contribution >= 0.6 is 0 Å². The van der Waals surface area contributed by atoms with E-state index in [0.717, 1.165) is 6.20 Å². The number of aromatic nitrogens is 2. The Morgan fingerprint density at radius 1 is 1.32 bits per heavy atom. The van der Waals surface area contributed by atoms with Crippen molar-refractivity contribution in [2.75, 3.05) is 29.9 Å². The van der Waals surface area contributed by atoms with Crippen LogP contribution in [0.5, 0.6) is 0 Å². The minimum absolute atomic E-state index is 0.0421. The highest BCUT2D eigenvalue weighted by molar-refractivity contribution is 5.72. The Kier molecular flexibility index (Phi) is 7.27. The van der Waals surface area contributed by atoms with E-state index in [2.05, 4.69) is 15.3 Å². The van der Waals surface area contributed by atoms with Crippen molar-refractivity contribution in [3.8, 4) is 0 Å². The lowest BCUT2D eigenvalue weighted by atomic mass is 9.97. The molecule has 1 N–H and O–H groups in total. The summed E-state index contributed by atoms with van der Waals surface area (Å²) in [6.45, 7) is 3.32. The maximum absolute atomic E-state index is 12.7. The van der Waals surface area contributed by atoms with Gasteiger partial charge in [0.2, 0.25) is 11.8 Å². The Morgan fingerprint density at radius 2 is 2.00 bits per heavy atom. The normalized spacial score (nSPS) is 14.5. The van der Waals surface area contributed by atoms with Gasteiger partial charge < -0.3 is 15.0 Å². The van der Waals surface area contributed by atoms with Crippen molar-refractivity contribution in [2.45, 2.75) is 32.7 Å². The molecule has 0 radical (unpaired) electrons. The first-order chi connectivity index (χ1) is 14.9. The van der Waals surface area contributed by atoms with Gasteiger partial charge in [-0.1, -0.05) is 24.3 Å². The van der Waals surface area contributed by atoms with Crippen molar-refractivity contribution in [2.24, 2.45) is 5.92 Å². The number of nitro groups is 1. The van der Waals surface area contributed by atoms with Crippen LogP contribution in [-0.2, 0) is 16.1 Å².